The number of ether oxygens (including phenoxy) is 2. The first-order chi connectivity index (χ1) is 14.7. The van der Waals surface area contributed by atoms with Gasteiger partial charge in [-0.05, 0) is 36.8 Å². The number of unbranched alkanes of at least 4 members (excludes halogenated alkanes) is 2. The van der Waals surface area contributed by atoms with Crippen molar-refractivity contribution in [3.05, 3.63) is 64.7 Å². The first kappa shape index (κ1) is 23.4. The molecule has 0 radical (unpaired) electrons. The Labute approximate surface area is 177 Å². The van der Waals surface area contributed by atoms with Crippen molar-refractivity contribution in [2.45, 2.75) is 38.9 Å². The van der Waals surface area contributed by atoms with E-state index in [1.807, 2.05) is 6.92 Å². The number of aromatic carboxylic acids is 2. The van der Waals surface area contributed by atoms with E-state index in [1.54, 1.807) is 0 Å². The van der Waals surface area contributed by atoms with Crippen LogP contribution >= 0.6 is 0 Å². The van der Waals surface area contributed by atoms with Crippen molar-refractivity contribution in [1.29, 1.82) is 0 Å². The number of hydrogen-bond donors (Lipinski definition) is 3. The van der Waals surface area contributed by atoms with Gasteiger partial charge in [0.15, 0.2) is 0 Å². The molecule has 9 heteroatoms. The Hall–Kier alpha value is -3.88. The number of phenolic OH excluding ortho intramolecular Hbond substituents is 1. The van der Waals surface area contributed by atoms with Crippen molar-refractivity contribution in [2.24, 2.45) is 0 Å². The Morgan fingerprint density at radius 1 is 0.806 bits per heavy atom. The molecule has 9 nitrogen and oxygen atoms in total. The highest BCUT2D eigenvalue weighted by molar-refractivity contribution is 6.03. The molecule has 0 fully saturated rings. The minimum Gasteiger partial charge on any atom is -0.508 e. The van der Waals surface area contributed by atoms with Gasteiger partial charge in [-0.25, -0.2) is 19.2 Å². The second kappa shape index (κ2) is 10.8. The Morgan fingerprint density at radius 3 is 1.90 bits per heavy atom. The van der Waals surface area contributed by atoms with E-state index in [2.05, 4.69) is 0 Å². The summed E-state index contributed by atoms with van der Waals surface area (Å²) in [6.45, 7) is 1.95. The predicted octanol–water partition coefficient (Wildman–Crippen LogP) is 3.71. The average molecular weight is 430 g/mol. The molecule has 0 heterocycles. The Balaban J connectivity index is 2.25. The lowest BCUT2D eigenvalue weighted by atomic mass is 10.1. The second-order valence-electron chi connectivity index (χ2n) is 6.62. The lowest BCUT2D eigenvalue weighted by molar-refractivity contribution is -0.0839. The summed E-state index contributed by atoms with van der Waals surface area (Å²) in [6, 6.07) is 8.57. The van der Waals surface area contributed by atoms with Gasteiger partial charge in [0, 0.05) is 6.42 Å². The zero-order chi connectivity index (χ0) is 23.0. The molecule has 2 aromatic carbocycles. The van der Waals surface area contributed by atoms with Crippen molar-refractivity contribution in [2.75, 3.05) is 0 Å². The van der Waals surface area contributed by atoms with Crippen LogP contribution in [0.4, 0.5) is 0 Å². The Kier molecular flexibility index (Phi) is 8.13. The molecular weight excluding hydrogens is 408 g/mol. The fraction of sp³-hybridized carbons (Fsp3) is 0.273. The molecule has 31 heavy (non-hydrogen) atoms. The van der Waals surface area contributed by atoms with E-state index >= 15 is 0 Å². The van der Waals surface area contributed by atoms with E-state index in [9.17, 15) is 34.5 Å². The van der Waals surface area contributed by atoms with E-state index in [-0.39, 0.29) is 28.9 Å². The zero-order valence-corrected chi connectivity index (χ0v) is 16.7. The van der Waals surface area contributed by atoms with Gasteiger partial charge in [-0.15, -0.1) is 0 Å². The van der Waals surface area contributed by atoms with Gasteiger partial charge in [0.05, 0.1) is 22.3 Å². The van der Waals surface area contributed by atoms with E-state index in [0.29, 0.717) is 6.42 Å². The van der Waals surface area contributed by atoms with Gasteiger partial charge in [-0.3, -0.25) is 0 Å². The van der Waals surface area contributed by atoms with Crippen LogP contribution in [0.2, 0.25) is 0 Å². The minimum absolute atomic E-state index is 0.140. The van der Waals surface area contributed by atoms with Crippen LogP contribution in [-0.2, 0) is 9.47 Å². The highest BCUT2D eigenvalue weighted by Crippen LogP contribution is 2.21. The number of aromatic hydroxyl groups is 1. The predicted molar refractivity (Wildman–Crippen MR) is 107 cm³/mol. The van der Waals surface area contributed by atoms with Crippen molar-refractivity contribution in [3.8, 4) is 5.75 Å². The van der Waals surface area contributed by atoms with E-state index in [1.165, 1.54) is 24.3 Å². The van der Waals surface area contributed by atoms with Gasteiger partial charge in [0.1, 0.15) is 5.75 Å². The van der Waals surface area contributed by atoms with Crippen LogP contribution in [0.15, 0.2) is 42.5 Å². The summed E-state index contributed by atoms with van der Waals surface area (Å²) in [6.07, 6.45) is 0.933. The number of phenols is 1. The van der Waals surface area contributed by atoms with Gasteiger partial charge in [-0.1, -0.05) is 31.9 Å². The highest BCUT2D eigenvalue weighted by atomic mass is 16.7. The fourth-order valence-corrected chi connectivity index (χ4v) is 2.80. The topological polar surface area (TPSA) is 147 Å². The van der Waals surface area contributed by atoms with Crippen LogP contribution in [0.3, 0.4) is 0 Å². The lowest BCUT2D eigenvalue weighted by Crippen LogP contribution is -2.26. The molecule has 0 aromatic heterocycles. The molecule has 0 spiro atoms. The van der Waals surface area contributed by atoms with Gasteiger partial charge in [0.2, 0.25) is 6.29 Å². The van der Waals surface area contributed by atoms with Gasteiger partial charge >= 0.3 is 23.9 Å². The summed E-state index contributed by atoms with van der Waals surface area (Å²) in [4.78, 5) is 47.8. The third kappa shape index (κ3) is 6.30. The molecule has 1 atom stereocenters. The van der Waals surface area contributed by atoms with Gasteiger partial charge in [-0.2, -0.15) is 0 Å². The molecular formula is C22H22O9. The Bertz CT molecular complexity index is 981. The minimum atomic E-state index is -1.45. The average Bonchev–Trinajstić information content (AvgIpc) is 2.73. The largest absolute Gasteiger partial charge is 0.508 e. The number of rotatable bonds is 10. The van der Waals surface area contributed by atoms with E-state index < -0.39 is 35.7 Å². The summed E-state index contributed by atoms with van der Waals surface area (Å²) in [7, 11) is 0. The molecule has 0 aliphatic heterocycles. The normalized spacial score (nSPS) is 11.4. The quantitative estimate of drug-likeness (QED) is 0.291. The zero-order valence-electron chi connectivity index (χ0n) is 16.7. The number of hydrogen-bond acceptors (Lipinski definition) is 7. The molecule has 0 aliphatic rings. The summed E-state index contributed by atoms with van der Waals surface area (Å²) in [5.41, 5.74) is -1.27. The molecule has 0 saturated heterocycles. The van der Waals surface area contributed by atoms with Crippen LogP contribution in [-0.4, -0.2) is 45.5 Å². The molecule has 2 rings (SSSR count). The standard InChI is InChI=1S/C22H22O9/c1-2-3-4-9-18(30-21(28)15-8-6-5-7-14(15)19(24)25)31-22(29)16-11-10-13(23)12-17(16)20(26)27/h5-8,10-12,18,23H,2-4,9H2,1H3,(H,24,25)(H,26,27). The molecule has 0 saturated carbocycles. The number of carboxylic acid groups (broad SMARTS) is 2. The second-order valence-corrected chi connectivity index (χ2v) is 6.62. The molecule has 2 aromatic rings. The molecule has 164 valence electrons. The van der Waals surface area contributed by atoms with Crippen LogP contribution in [0.5, 0.6) is 5.75 Å². The van der Waals surface area contributed by atoms with Crippen molar-refractivity contribution < 1.29 is 44.0 Å². The van der Waals surface area contributed by atoms with Crippen LogP contribution in [0, 0.1) is 0 Å². The summed E-state index contributed by atoms with van der Waals surface area (Å²) in [5, 5.41) is 28.0. The summed E-state index contributed by atoms with van der Waals surface area (Å²) in [5.74, 6) is -5.15. The number of carbonyl (C=O) groups excluding carboxylic acids is 2. The van der Waals surface area contributed by atoms with Crippen molar-refractivity contribution in [3.63, 3.8) is 0 Å². The summed E-state index contributed by atoms with van der Waals surface area (Å²) >= 11 is 0. The number of esters is 2. The molecule has 0 aliphatic carbocycles. The maximum Gasteiger partial charge on any atom is 0.342 e. The van der Waals surface area contributed by atoms with Crippen molar-refractivity contribution in [1.82, 2.24) is 0 Å². The smallest absolute Gasteiger partial charge is 0.342 e. The first-order valence-corrected chi connectivity index (χ1v) is 9.55. The lowest BCUT2D eigenvalue weighted by Gasteiger charge is -2.19. The van der Waals surface area contributed by atoms with Gasteiger partial charge < -0.3 is 24.8 Å². The van der Waals surface area contributed by atoms with E-state index in [4.69, 9.17) is 9.47 Å². The third-order valence-corrected chi connectivity index (χ3v) is 4.35. The third-order valence-electron chi connectivity index (χ3n) is 4.35. The number of carboxylic acids is 2. The van der Waals surface area contributed by atoms with Crippen LogP contribution in [0.1, 0.15) is 74.0 Å². The highest BCUT2D eigenvalue weighted by Gasteiger charge is 2.26. The molecule has 0 bridgehead atoms. The van der Waals surface area contributed by atoms with Crippen LogP contribution in [0.25, 0.3) is 0 Å². The summed E-state index contributed by atoms with van der Waals surface area (Å²) < 4.78 is 10.5. The monoisotopic (exact) mass is 430 g/mol. The van der Waals surface area contributed by atoms with Crippen molar-refractivity contribution >= 4 is 23.9 Å². The number of benzene rings is 2. The first-order valence-electron chi connectivity index (χ1n) is 9.55. The van der Waals surface area contributed by atoms with Crippen LogP contribution < -0.4 is 0 Å². The van der Waals surface area contributed by atoms with Gasteiger partial charge in [0.25, 0.3) is 0 Å². The maximum absolute atomic E-state index is 12.6. The molecule has 1 unspecified atom stereocenters. The Morgan fingerprint density at radius 2 is 1.35 bits per heavy atom. The molecule has 3 N–H and O–H groups in total. The SMILES string of the molecule is CCCCCC(OC(=O)c1ccccc1C(=O)O)OC(=O)c1ccc(O)cc1C(=O)O. The van der Waals surface area contributed by atoms with E-state index in [0.717, 1.165) is 31.0 Å². The molecule has 0 amide bonds. The number of carbonyl (C=O) groups is 4. The maximum atomic E-state index is 12.6. The fourth-order valence-electron chi connectivity index (χ4n) is 2.80.